The summed E-state index contributed by atoms with van der Waals surface area (Å²) in [6.45, 7) is 11.5. The van der Waals surface area contributed by atoms with Gasteiger partial charge in [0.25, 0.3) is 0 Å². The van der Waals surface area contributed by atoms with Crippen LogP contribution >= 0.6 is 0 Å². The predicted molar refractivity (Wildman–Crippen MR) is 110 cm³/mol. The average molecular weight is 393 g/mol. The molecular formula is C21H28N8. The smallest absolute Gasteiger partial charge is 0.105 e. The van der Waals surface area contributed by atoms with Gasteiger partial charge in [0.1, 0.15) is 23.3 Å². The van der Waals surface area contributed by atoms with Crippen molar-refractivity contribution in [3.63, 3.8) is 0 Å². The number of aryl methyl sites for hydroxylation is 4. The fourth-order valence-corrected chi connectivity index (χ4v) is 4.03. The Labute approximate surface area is 170 Å². The maximum absolute atomic E-state index is 4.45. The van der Waals surface area contributed by atoms with Crippen LogP contribution in [0.3, 0.4) is 0 Å². The first kappa shape index (κ1) is 19.2. The molecule has 0 unspecified atom stereocenters. The van der Waals surface area contributed by atoms with Crippen molar-refractivity contribution in [1.82, 2.24) is 38.2 Å². The molecule has 8 heteroatoms. The van der Waals surface area contributed by atoms with Crippen LogP contribution in [0, 0.1) is 33.1 Å². The van der Waals surface area contributed by atoms with Crippen LogP contribution in [0.2, 0.25) is 0 Å². The lowest BCUT2D eigenvalue weighted by atomic mass is 9.86. The van der Waals surface area contributed by atoms with E-state index in [0.717, 1.165) is 49.5 Å². The van der Waals surface area contributed by atoms with Crippen molar-refractivity contribution >= 4 is 0 Å². The molecular weight excluding hydrogens is 364 g/mol. The fourth-order valence-electron chi connectivity index (χ4n) is 4.03. The lowest BCUT2D eigenvalue weighted by Gasteiger charge is -2.36. The zero-order valence-electron chi connectivity index (χ0n) is 17.5. The van der Waals surface area contributed by atoms with Gasteiger partial charge in [0.2, 0.25) is 0 Å². The Balaban J connectivity index is 1.80. The Morgan fingerprint density at radius 2 is 0.759 bits per heavy atom. The molecule has 0 bridgehead atoms. The molecule has 4 aromatic rings. The molecule has 0 saturated carbocycles. The summed E-state index contributed by atoms with van der Waals surface area (Å²) >= 11 is 0. The zero-order chi connectivity index (χ0) is 20.4. The van der Waals surface area contributed by atoms with E-state index in [0.29, 0.717) is 0 Å². The summed E-state index contributed by atoms with van der Waals surface area (Å²) in [5, 5.41) is 0. The van der Waals surface area contributed by atoms with Gasteiger partial charge in [-0.05, 0) is 27.7 Å². The van der Waals surface area contributed by atoms with Crippen molar-refractivity contribution in [2.24, 2.45) is 5.41 Å². The van der Waals surface area contributed by atoms with E-state index in [4.69, 9.17) is 0 Å². The number of hydrogen-bond acceptors (Lipinski definition) is 4. The summed E-state index contributed by atoms with van der Waals surface area (Å²) in [4.78, 5) is 17.8. The fraction of sp³-hybridized carbons (Fsp3) is 0.429. The van der Waals surface area contributed by atoms with E-state index in [1.54, 1.807) is 0 Å². The predicted octanol–water partition coefficient (Wildman–Crippen LogP) is 2.79. The van der Waals surface area contributed by atoms with Crippen LogP contribution in [-0.2, 0) is 26.2 Å². The largest absolute Gasteiger partial charge is 0.334 e. The minimum atomic E-state index is -0.145. The summed E-state index contributed by atoms with van der Waals surface area (Å²) < 4.78 is 8.96. The van der Waals surface area contributed by atoms with Gasteiger partial charge in [-0.2, -0.15) is 0 Å². The second kappa shape index (κ2) is 7.69. The molecule has 0 N–H and O–H groups in total. The molecule has 0 aliphatic carbocycles. The first-order chi connectivity index (χ1) is 14.0. The van der Waals surface area contributed by atoms with Gasteiger partial charge in [-0.15, -0.1) is 0 Å². The van der Waals surface area contributed by atoms with Crippen molar-refractivity contribution in [3.05, 3.63) is 72.9 Å². The third kappa shape index (κ3) is 4.01. The van der Waals surface area contributed by atoms with E-state index in [2.05, 4.69) is 90.7 Å². The Kier molecular flexibility index (Phi) is 5.08. The Morgan fingerprint density at radius 1 is 0.517 bits per heavy atom. The van der Waals surface area contributed by atoms with Crippen molar-refractivity contribution < 1.29 is 0 Å². The molecule has 0 radical (unpaired) electrons. The first-order valence-corrected chi connectivity index (χ1v) is 9.87. The van der Waals surface area contributed by atoms with Crippen molar-refractivity contribution in [1.29, 1.82) is 0 Å². The van der Waals surface area contributed by atoms with Gasteiger partial charge in [-0.25, -0.2) is 19.9 Å². The molecule has 0 fully saturated rings. The van der Waals surface area contributed by atoms with E-state index < -0.39 is 0 Å². The van der Waals surface area contributed by atoms with Gasteiger partial charge >= 0.3 is 0 Å². The van der Waals surface area contributed by atoms with Crippen LogP contribution in [0.1, 0.15) is 23.3 Å². The Bertz CT molecular complexity index is 905. The molecule has 152 valence electrons. The Hall–Kier alpha value is -3.16. The summed E-state index contributed by atoms with van der Waals surface area (Å²) in [5.41, 5.74) is -0.145. The second-order valence-corrected chi connectivity index (χ2v) is 7.91. The zero-order valence-corrected chi connectivity index (χ0v) is 17.5. The number of aromatic nitrogens is 8. The Morgan fingerprint density at radius 3 is 0.931 bits per heavy atom. The van der Waals surface area contributed by atoms with E-state index in [9.17, 15) is 0 Å². The molecule has 4 aromatic heterocycles. The second-order valence-electron chi connectivity index (χ2n) is 7.91. The van der Waals surface area contributed by atoms with Crippen LogP contribution in [0.4, 0.5) is 0 Å². The lowest BCUT2D eigenvalue weighted by Crippen LogP contribution is -2.40. The summed E-state index contributed by atoms with van der Waals surface area (Å²) in [6.07, 6.45) is 15.7. The SMILES string of the molecule is Cc1nccn1CC(Cn1ccnc1C)(Cn1ccnc1C)Cn1ccnc1C. The molecule has 29 heavy (non-hydrogen) atoms. The standard InChI is InChI=1S/C21H28N8/c1-17-22-5-9-26(17)13-21(14-27-10-6-23-18(27)2,15-28-11-7-24-19(28)3)16-29-12-8-25-20(29)4/h5-12H,13-16H2,1-4H3. The van der Waals surface area contributed by atoms with Gasteiger partial charge in [0, 0.05) is 81.2 Å². The minimum Gasteiger partial charge on any atom is -0.334 e. The van der Waals surface area contributed by atoms with E-state index >= 15 is 0 Å². The maximum Gasteiger partial charge on any atom is 0.105 e. The van der Waals surface area contributed by atoms with Gasteiger partial charge in [0.15, 0.2) is 0 Å². The van der Waals surface area contributed by atoms with Crippen molar-refractivity contribution in [2.75, 3.05) is 0 Å². The van der Waals surface area contributed by atoms with Crippen LogP contribution in [0.15, 0.2) is 49.6 Å². The van der Waals surface area contributed by atoms with Gasteiger partial charge in [-0.3, -0.25) is 0 Å². The number of imidazole rings is 4. The third-order valence-electron chi connectivity index (χ3n) is 5.72. The highest BCUT2D eigenvalue weighted by molar-refractivity contribution is 5.00. The van der Waals surface area contributed by atoms with Crippen LogP contribution in [-0.4, -0.2) is 38.2 Å². The number of nitrogens with zero attached hydrogens (tertiary/aromatic N) is 8. The van der Waals surface area contributed by atoms with Crippen LogP contribution < -0.4 is 0 Å². The lowest BCUT2D eigenvalue weighted by molar-refractivity contribution is 0.131. The number of rotatable bonds is 8. The molecule has 0 saturated heterocycles. The highest BCUT2D eigenvalue weighted by Gasteiger charge is 2.34. The molecule has 0 atom stereocenters. The summed E-state index contributed by atoms with van der Waals surface area (Å²) in [6, 6.07) is 0. The van der Waals surface area contributed by atoms with Crippen molar-refractivity contribution in [2.45, 2.75) is 53.9 Å². The van der Waals surface area contributed by atoms with E-state index in [-0.39, 0.29) is 5.41 Å². The van der Waals surface area contributed by atoms with Gasteiger partial charge < -0.3 is 18.3 Å². The first-order valence-electron chi connectivity index (χ1n) is 9.87. The van der Waals surface area contributed by atoms with Crippen LogP contribution in [0.25, 0.3) is 0 Å². The molecule has 0 aliphatic rings. The monoisotopic (exact) mass is 392 g/mol. The van der Waals surface area contributed by atoms with Gasteiger partial charge in [0.05, 0.1) is 0 Å². The molecule has 0 spiro atoms. The highest BCUT2D eigenvalue weighted by atomic mass is 15.2. The molecule has 0 aromatic carbocycles. The molecule has 0 amide bonds. The minimum absolute atomic E-state index is 0.145. The highest BCUT2D eigenvalue weighted by Crippen LogP contribution is 2.30. The third-order valence-corrected chi connectivity index (χ3v) is 5.72. The molecule has 4 rings (SSSR count). The van der Waals surface area contributed by atoms with Crippen molar-refractivity contribution in [3.8, 4) is 0 Å². The normalized spacial score (nSPS) is 12.0. The number of hydrogen-bond donors (Lipinski definition) is 0. The maximum atomic E-state index is 4.45. The quantitative estimate of drug-likeness (QED) is 0.462. The average Bonchev–Trinajstić information content (AvgIpc) is 3.45. The van der Waals surface area contributed by atoms with E-state index in [1.165, 1.54) is 0 Å². The topological polar surface area (TPSA) is 71.3 Å². The molecule has 0 aliphatic heterocycles. The van der Waals surface area contributed by atoms with E-state index in [1.807, 2.05) is 24.8 Å². The van der Waals surface area contributed by atoms with Gasteiger partial charge in [-0.1, -0.05) is 0 Å². The van der Waals surface area contributed by atoms with Crippen LogP contribution in [0.5, 0.6) is 0 Å². The summed E-state index contributed by atoms with van der Waals surface area (Å²) in [7, 11) is 0. The molecule has 4 heterocycles. The summed E-state index contributed by atoms with van der Waals surface area (Å²) in [5.74, 6) is 4.06. The molecule has 8 nitrogen and oxygen atoms in total.